The lowest BCUT2D eigenvalue weighted by molar-refractivity contribution is 0.0717. The SMILES string of the molecule is CCC1(C)C=CC=CC1N1CCN(CCNc2ccccc2C(N)=O)CC1. The van der Waals surface area contributed by atoms with Crippen molar-refractivity contribution in [2.75, 3.05) is 44.6 Å². The second kappa shape index (κ2) is 8.72. The maximum absolute atomic E-state index is 11.5. The molecule has 3 rings (SSSR count). The Morgan fingerprint density at radius 1 is 1.22 bits per heavy atom. The predicted octanol–water partition coefficient (Wildman–Crippen LogP) is 2.73. The van der Waals surface area contributed by atoms with Gasteiger partial charge in [0.2, 0.25) is 0 Å². The Labute approximate surface area is 162 Å². The number of nitrogens with one attached hydrogen (secondary N) is 1. The topological polar surface area (TPSA) is 61.6 Å². The Kier molecular flexibility index (Phi) is 6.34. The molecule has 1 aliphatic heterocycles. The molecule has 0 bridgehead atoms. The summed E-state index contributed by atoms with van der Waals surface area (Å²) in [5, 5.41) is 3.36. The summed E-state index contributed by atoms with van der Waals surface area (Å²) in [6.45, 7) is 10.8. The number of nitrogens with two attached hydrogens (primary N) is 1. The van der Waals surface area contributed by atoms with Crippen LogP contribution in [0.15, 0.2) is 48.6 Å². The zero-order valence-electron chi connectivity index (χ0n) is 16.5. The van der Waals surface area contributed by atoms with Crippen LogP contribution in [0.2, 0.25) is 0 Å². The molecule has 0 aromatic heterocycles. The van der Waals surface area contributed by atoms with Crippen LogP contribution in [-0.4, -0.2) is 61.0 Å². The number of benzene rings is 1. The van der Waals surface area contributed by atoms with Gasteiger partial charge in [0, 0.05) is 56.4 Å². The first-order valence-corrected chi connectivity index (χ1v) is 9.98. The molecule has 2 atom stereocenters. The maximum atomic E-state index is 11.5. The number of nitrogens with zero attached hydrogens (tertiary/aromatic N) is 2. The van der Waals surface area contributed by atoms with E-state index >= 15 is 0 Å². The van der Waals surface area contributed by atoms with Crippen LogP contribution in [-0.2, 0) is 0 Å². The summed E-state index contributed by atoms with van der Waals surface area (Å²) in [5.41, 5.74) is 7.05. The lowest BCUT2D eigenvalue weighted by Gasteiger charge is -2.45. The van der Waals surface area contributed by atoms with Crippen LogP contribution in [0.3, 0.4) is 0 Å². The zero-order valence-corrected chi connectivity index (χ0v) is 16.5. The fraction of sp³-hybridized carbons (Fsp3) is 0.500. The van der Waals surface area contributed by atoms with E-state index in [9.17, 15) is 4.79 Å². The summed E-state index contributed by atoms with van der Waals surface area (Å²) < 4.78 is 0. The van der Waals surface area contributed by atoms with Crippen molar-refractivity contribution >= 4 is 11.6 Å². The molecule has 3 N–H and O–H groups in total. The number of hydrogen-bond donors (Lipinski definition) is 2. The molecule has 146 valence electrons. The van der Waals surface area contributed by atoms with Crippen molar-refractivity contribution in [3.63, 3.8) is 0 Å². The van der Waals surface area contributed by atoms with Crippen LogP contribution in [0, 0.1) is 5.41 Å². The van der Waals surface area contributed by atoms with Gasteiger partial charge in [0.1, 0.15) is 0 Å². The number of para-hydroxylation sites is 1. The van der Waals surface area contributed by atoms with E-state index < -0.39 is 0 Å². The summed E-state index contributed by atoms with van der Waals surface area (Å²) >= 11 is 0. The number of allylic oxidation sites excluding steroid dienone is 2. The second-order valence-corrected chi connectivity index (χ2v) is 7.76. The lowest BCUT2D eigenvalue weighted by atomic mass is 9.76. The minimum Gasteiger partial charge on any atom is -0.383 e. The van der Waals surface area contributed by atoms with Crippen molar-refractivity contribution in [1.29, 1.82) is 0 Å². The molecule has 5 nitrogen and oxygen atoms in total. The van der Waals surface area contributed by atoms with Crippen LogP contribution in [0.5, 0.6) is 0 Å². The summed E-state index contributed by atoms with van der Waals surface area (Å²) in [6, 6.07) is 7.93. The fourth-order valence-electron chi connectivity index (χ4n) is 4.09. The number of rotatable bonds is 7. The molecular formula is C22H32N4O. The molecule has 1 amide bonds. The number of hydrogen-bond acceptors (Lipinski definition) is 4. The molecule has 2 aliphatic rings. The molecule has 0 spiro atoms. The smallest absolute Gasteiger partial charge is 0.250 e. The zero-order chi connectivity index (χ0) is 19.3. The van der Waals surface area contributed by atoms with E-state index in [1.807, 2.05) is 18.2 Å². The summed E-state index contributed by atoms with van der Waals surface area (Å²) in [4.78, 5) is 16.6. The molecule has 1 fully saturated rings. The number of carbonyl (C=O) groups is 1. The van der Waals surface area contributed by atoms with Crippen molar-refractivity contribution in [2.45, 2.75) is 26.3 Å². The van der Waals surface area contributed by atoms with Gasteiger partial charge in [-0.05, 0) is 18.6 Å². The summed E-state index contributed by atoms with van der Waals surface area (Å²) in [7, 11) is 0. The summed E-state index contributed by atoms with van der Waals surface area (Å²) in [6.07, 6.45) is 10.3. The number of primary amides is 1. The van der Waals surface area contributed by atoms with Gasteiger partial charge < -0.3 is 11.1 Å². The fourth-order valence-corrected chi connectivity index (χ4v) is 4.09. The Bertz CT molecular complexity index is 706. The first kappa shape index (κ1) is 19.6. The van der Waals surface area contributed by atoms with Crippen molar-refractivity contribution in [3.8, 4) is 0 Å². The van der Waals surface area contributed by atoms with Gasteiger partial charge in [0.15, 0.2) is 0 Å². The molecule has 1 heterocycles. The molecule has 1 aliphatic carbocycles. The third-order valence-electron chi connectivity index (χ3n) is 6.06. The Morgan fingerprint density at radius 2 is 1.96 bits per heavy atom. The molecule has 0 saturated carbocycles. The molecule has 2 unspecified atom stereocenters. The van der Waals surface area contributed by atoms with E-state index in [1.165, 1.54) is 0 Å². The van der Waals surface area contributed by atoms with Crippen molar-refractivity contribution in [2.24, 2.45) is 11.1 Å². The number of anilines is 1. The van der Waals surface area contributed by atoms with Crippen molar-refractivity contribution in [3.05, 3.63) is 54.1 Å². The minimum atomic E-state index is -0.389. The Balaban J connectivity index is 1.47. The van der Waals surface area contributed by atoms with Crippen LogP contribution in [0.4, 0.5) is 5.69 Å². The highest BCUT2D eigenvalue weighted by atomic mass is 16.1. The number of piperazine rings is 1. The van der Waals surface area contributed by atoms with Crippen molar-refractivity contribution in [1.82, 2.24) is 9.80 Å². The Morgan fingerprint density at radius 3 is 2.67 bits per heavy atom. The second-order valence-electron chi connectivity index (χ2n) is 7.76. The van der Waals surface area contributed by atoms with Gasteiger partial charge in [0.05, 0.1) is 5.56 Å². The van der Waals surface area contributed by atoms with Crippen LogP contribution in [0.1, 0.15) is 30.6 Å². The minimum absolute atomic E-state index is 0.233. The molecule has 1 saturated heterocycles. The van der Waals surface area contributed by atoms with Crippen LogP contribution in [0.25, 0.3) is 0 Å². The number of carbonyl (C=O) groups excluding carboxylic acids is 1. The van der Waals surface area contributed by atoms with Gasteiger partial charge in [-0.3, -0.25) is 14.6 Å². The van der Waals surface area contributed by atoms with E-state index in [2.05, 4.69) is 53.3 Å². The molecule has 1 aromatic carbocycles. The monoisotopic (exact) mass is 368 g/mol. The first-order valence-electron chi connectivity index (χ1n) is 9.98. The van der Waals surface area contributed by atoms with E-state index in [1.54, 1.807) is 6.07 Å². The van der Waals surface area contributed by atoms with E-state index in [0.29, 0.717) is 11.6 Å². The maximum Gasteiger partial charge on any atom is 0.250 e. The first-order chi connectivity index (χ1) is 13.0. The van der Waals surface area contributed by atoms with Gasteiger partial charge in [0.25, 0.3) is 5.91 Å². The van der Waals surface area contributed by atoms with Gasteiger partial charge in [-0.15, -0.1) is 0 Å². The van der Waals surface area contributed by atoms with E-state index in [0.717, 1.165) is 51.4 Å². The van der Waals surface area contributed by atoms with Gasteiger partial charge in [-0.25, -0.2) is 0 Å². The summed E-state index contributed by atoms with van der Waals surface area (Å²) in [5.74, 6) is -0.389. The highest BCUT2D eigenvalue weighted by molar-refractivity contribution is 5.98. The normalized spacial score (nSPS) is 26.2. The largest absolute Gasteiger partial charge is 0.383 e. The van der Waals surface area contributed by atoms with Crippen LogP contribution >= 0.6 is 0 Å². The number of amides is 1. The molecule has 1 aromatic rings. The average molecular weight is 369 g/mol. The van der Waals surface area contributed by atoms with E-state index in [-0.39, 0.29) is 11.3 Å². The highest BCUT2D eigenvalue weighted by Crippen LogP contribution is 2.35. The average Bonchev–Trinajstić information content (AvgIpc) is 2.69. The quantitative estimate of drug-likeness (QED) is 0.777. The van der Waals surface area contributed by atoms with Crippen molar-refractivity contribution < 1.29 is 4.79 Å². The molecular weight excluding hydrogens is 336 g/mol. The van der Waals surface area contributed by atoms with Crippen LogP contribution < -0.4 is 11.1 Å². The third-order valence-corrected chi connectivity index (χ3v) is 6.06. The van der Waals surface area contributed by atoms with E-state index in [4.69, 9.17) is 5.73 Å². The van der Waals surface area contributed by atoms with Gasteiger partial charge >= 0.3 is 0 Å². The lowest BCUT2D eigenvalue weighted by Crippen LogP contribution is -2.54. The predicted molar refractivity (Wildman–Crippen MR) is 112 cm³/mol. The third kappa shape index (κ3) is 4.60. The molecule has 5 heteroatoms. The highest BCUT2D eigenvalue weighted by Gasteiger charge is 2.35. The standard InChI is InChI=1S/C22H32N4O/c1-3-22(2)11-7-6-10-20(22)26-16-14-25(15-17-26)13-12-24-19-9-5-4-8-18(19)21(23)27/h4-11,20,24H,3,12-17H2,1-2H3,(H2,23,27). The molecule has 0 radical (unpaired) electrons. The molecule has 27 heavy (non-hydrogen) atoms. The van der Waals surface area contributed by atoms with Gasteiger partial charge in [-0.2, -0.15) is 0 Å². The Hall–Kier alpha value is -2.11. The van der Waals surface area contributed by atoms with Gasteiger partial charge in [-0.1, -0.05) is 50.3 Å².